The van der Waals surface area contributed by atoms with E-state index in [4.69, 9.17) is 4.42 Å². The predicted octanol–water partition coefficient (Wildman–Crippen LogP) is 2.71. The molecule has 1 aromatic carbocycles. The molecule has 4 heterocycles. The third-order valence-corrected chi connectivity index (χ3v) is 5.85. The third kappa shape index (κ3) is 3.30. The monoisotopic (exact) mass is 379 g/mol. The number of nitrogens with zero attached hydrogens (tertiary/aromatic N) is 5. The van der Waals surface area contributed by atoms with E-state index in [0.717, 1.165) is 55.2 Å². The molecule has 7 heteroatoms. The minimum absolute atomic E-state index is 0.0211. The average molecular weight is 379 g/mol. The van der Waals surface area contributed by atoms with Gasteiger partial charge in [-0.1, -0.05) is 24.6 Å². The lowest BCUT2D eigenvalue weighted by atomic mass is 10.2. The van der Waals surface area contributed by atoms with E-state index in [1.165, 1.54) is 19.3 Å². The largest absolute Gasteiger partial charge is 0.451 e. The third-order valence-electron chi connectivity index (χ3n) is 5.85. The average Bonchev–Trinajstić information content (AvgIpc) is 3.24. The van der Waals surface area contributed by atoms with Crippen molar-refractivity contribution < 1.29 is 9.21 Å². The number of hydrogen-bond donors (Lipinski definition) is 0. The van der Waals surface area contributed by atoms with E-state index in [9.17, 15) is 4.79 Å². The Kier molecular flexibility index (Phi) is 4.60. The van der Waals surface area contributed by atoms with Crippen LogP contribution in [0.5, 0.6) is 0 Å². The van der Waals surface area contributed by atoms with Gasteiger partial charge in [0, 0.05) is 44.5 Å². The van der Waals surface area contributed by atoms with Crippen molar-refractivity contribution in [3.8, 4) is 0 Å². The lowest BCUT2D eigenvalue weighted by Crippen LogP contribution is -2.48. The van der Waals surface area contributed by atoms with Crippen LogP contribution in [0.15, 0.2) is 34.7 Å². The van der Waals surface area contributed by atoms with Crippen LogP contribution in [0.25, 0.3) is 11.0 Å². The fourth-order valence-electron chi connectivity index (χ4n) is 4.21. The van der Waals surface area contributed by atoms with Crippen LogP contribution in [0.4, 0.5) is 0 Å². The number of aryl methyl sites for hydroxylation is 1. The number of aromatic nitrogens is 3. The molecule has 146 valence electrons. The molecule has 1 saturated heterocycles. The quantitative estimate of drug-likeness (QED) is 0.700. The number of furan rings is 1. The van der Waals surface area contributed by atoms with Crippen molar-refractivity contribution in [1.82, 2.24) is 24.6 Å². The van der Waals surface area contributed by atoms with Crippen LogP contribution >= 0.6 is 0 Å². The summed E-state index contributed by atoms with van der Waals surface area (Å²) in [4.78, 5) is 17.1. The molecule has 2 aliphatic rings. The summed E-state index contributed by atoms with van der Waals surface area (Å²) in [5, 5.41) is 9.80. The first-order chi connectivity index (χ1) is 13.8. The Morgan fingerprint density at radius 3 is 2.71 bits per heavy atom. The fourth-order valence-corrected chi connectivity index (χ4v) is 4.21. The molecule has 1 amide bonds. The van der Waals surface area contributed by atoms with E-state index in [1.807, 2.05) is 35.2 Å². The van der Waals surface area contributed by atoms with Gasteiger partial charge in [-0.2, -0.15) is 0 Å². The number of para-hydroxylation sites is 1. The molecule has 0 N–H and O–H groups in total. The zero-order valence-corrected chi connectivity index (χ0v) is 16.0. The first kappa shape index (κ1) is 17.4. The van der Waals surface area contributed by atoms with Crippen LogP contribution in [0.2, 0.25) is 0 Å². The first-order valence-corrected chi connectivity index (χ1v) is 10.2. The second kappa shape index (κ2) is 7.39. The summed E-state index contributed by atoms with van der Waals surface area (Å²) in [7, 11) is 0. The zero-order valence-electron chi connectivity index (χ0n) is 16.0. The van der Waals surface area contributed by atoms with Gasteiger partial charge in [-0.3, -0.25) is 9.69 Å². The lowest BCUT2D eigenvalue weighted by molar-refractivity contribution is 0.0595. The molecule has 7 nitrogen and oxygen atoms in total. The van der Waals surface area contributed by atoms with E-state index >= 15 is 0 Å². The van der Waals surface area contributed by atoms with Crippen molar-refractivity contribution in [3.05, 3.63) is 47.7 Å². The zero-order chi connectivity index (χ0) is 18.9. The summed E-state index contributed by atoms with van der Waals surface area (Å²) in [6.45, 7) is 4.93. The maximum Gasteiger partial charge on any atom is 0.289 e. The number of rotatable bonds is 3. The van der Waals surface area contributed by atoms with Gasteiger partial charge in [0.2, 0.25) is 0 Å². The Hall–Kier alpha value is -2.67. The summed E-state index contributed by atoms with van der Waals surface area (Å²) in [5.74, 6) is 2.60. The van der Waals surface area contributed by atoms with Crippen molar-refractivity contribution in [2.45, 2.75) is 38.8 Å². The maximum absolute atomic E-state index is 12.8. The van der Waals surface area contributed by atoms with Crippen LogP contribution in [0.1, 0.15) is 41.5 Å². The molecule has 2 aromatic heterocycles. The van der Waals surface area contributed by atoms with E-state index in [1.54, 1.807) is 0 Å². The Morgan fingerprint density at radius 1 is 1.00 bits per heavy atom. The standard InChI is InChI=1S/C21H25N5O2/c27-21(18-14-16-6-3-4-7-17(16)28-18)25-12-10-24(11-13-25)15-20-23-22-19-8-2-1-5-9-26(19)20/h3-4,6-7,14H,1-2,5,8-13,15H2. The smallest absolute Gasteiger partial charge is 0.289 e. The lowest BCUT2D eigenvalue weighted by Gasteiger charge is -2.34. The second-order valence-electron chi connectivity index (χ2n) is 7.71. The fraction of sp³-hybridized carbons (Fsp3) is 0.476. The number of fused-ring (bicyclic) bond motifs is 2. The molecular formula is C21H25N5O2. The van der Waals surface area contributed by atoms with Crippen molar-refractivity contribution in [1.29, 1.82) is 0 Å². The number of hydrogen-bond acceptors (Lipinski definition) is 5. The van der Waals surface area contributed by atoms with E-state index in [2.05, 4.69) is 19.7 Å². The topological polar surface area (TPSA) is 67.4 Å². The minimum atomic E-state index is -0.0211. The molecule has 0 aliphatic carbocycles. The Morgan fingerprint density at radius 2 is 1.86 bits per heavy atom. The highest BCUT2D eigenvalue weighted by molar-refractivity contribution is 5.96. The van der Waals surface area contributed by atoms with Crippen LogP contribution in [-0.2, 0) is 19.5 Å². The molecule has 28 heavy (non-hydrogen) atoms. The van der Waals surface area contributed by atoms with Gasteiger partial charge in [-0.15, -0.1) is 10.2 Å². The number of amides is 1. The van der Waals surface area contributed by atoms with Gasteiger partial charge in [0.15, 0.2) is 5.76 Å². The van der Waals surface area contributed by atoms with Crippen molar-refractivity contribution >= 4 is 16.9 Å². The molecule has 2 aliphatic heterocycles. The van der Waals surface area contributed by atoms with Crippen LogP contribution in [0.3, 0.4) is 0 Å². The SMILES string of the molecule is O=C(c1cc2ccccc2o1)N1CCN(Cc2nnc3n2CCCCC3)CC1. The normalized spacial score (nSPS) is 18.2. The summed E-state index contributed by atoms with van der Waals surface area (Å²) in [6, 6.07) is 9.58. The predicted molar refractivity (Wildman–Crippen MR) is 105 cm³/mol. The van der Waals surface area contributed by atoms with Gasteiger partial charge in [0.1, 0.15) is 17.2 Å². The molecule has 1 fully saturated rings. The number of piperazine rings is 1. The summed E-state index contributed by atoms with van der Waals surface area (Å²) >= 11 is 0. The van der Waals surface area contributed by atoms with Crippen molar-refractivity contribution in [3.63, 3.8) is 0 Å². The van der Waals surface area contributed by atoms with Crippen LogP contribution in [0, 0.1) is 0 Å². The highest BCUT2D eigenvalue weighted by Crippen LogP contribution is 2.21. The Bertz CT molecular complexity index is 951. The molecular weight excluding hydrogens is 354 g/mol. The molecule has 0 radical (unpaired) electrons. The highest BCUT2D eigenvalue weighted by atomic mass is 16.3. The van der Waals surface area contributed by atoms with Gasteiger partial charge in [0.25, 0.3) is 5.91 Å². The molecule has 0 saturated carbocycles. The van der Waals surface area contributed by atoms with Crippen LogP contribution in [-0.4, -0.2) is 56.7 Å². The number of benzene rings is 1. The summed E-state index contributed by atoms with van der Waals surface area (Å²) in [5.41, 5.74) is 0.761. The first-order valence-electron chi connectivity index (χ1n) is 10.2. The summed E-state index contributed by atoms with van der Waals surface area (Å²) < 4.78 is 8.05. The van der Waals surface area contributed by atoms with Gasteiger partial charge in [-0.25, -0.2) is 0 Å². The maximum atomic E-state index is 12.8. The highest BCUT2D eigenvalue weighted by Gasteiger charge is 2.26. The summed E-state index contributed by atoms with van der Waals surface area (Å²) in [6.07, 6.45) is 4.72. The minimum Gasteiger partial charge on any atom is -0.451 e. The Balaban J connectivity index is 1.22. The molecule has 3 aromatic rings. The molecule has 0 unspecified atom stereocenters. The van der Waals surface area contributed by atoms with Crippen molar-refractivity contribution in [2.75, 3.05) is 26.2 Å². The van der Waals surface area contributed by atoms with Gasteiger partial charge < -0.3 is 13.9 Å². The molecule has 0 spiro atoms. The number of carbonyl (C=O) groups is 1. The van der Waals surface area contributed by atoms with Crippen LogP contribution < -0.4 is 0 Å². The number of carbonyl (C=O) groups excluding carboxylic acids is 1. The second-order valence-corrected chi connectivity index (χ2v) is 7.71. The van der Waals surface area contributed by atoms with Gasteiger partial charge in [0.05, 0.1) is 6.54 Å². The van der Waals surface area contributed by atoms with Gasteiger partial charge in [-0.05, 0) is 25.0 Å². The molecule has 5 rings (SSSR count). The van der Waals surface area contributed by atoms with Gasteiger partial charge >= 0.3 is 0 Å². The van der Waals surface area contributed by atoms with E-state index in [0.29, 0.717) is 18.8 Å². The van der Waals surface area contributed by atoms with E-state index in [-0.39, 0.29) is 5.91 Å². The molecule has 0 atom stereocenters. The molecule has 0 bridgehead atoms. The van der Waals surface area contributed by atoms with E-state index < -0.39 is 0 Å². The Labute approximate surface area is 163 Å². The van der Waals surface area contributed by atoms with Crippen molar-refractivity contribution in [2.24, 2.45) is 0 Å².